The minimum Gasteiger partial charge on any atom is -0.338 e. The molecule has 2 aromatic heterocycles. The molecule has 152 valence electrons. The van der Waals surface area contributed by atoms with Gasteiger partial charge in [0.2, 0.25) is 0 Å². The highest BCUT2D eigenvalue weighted by Gasteiger charge is 2.15. The fraction of sp³-hybridized carbons (Fsp3) is 0.409. The van der Waals surface area contributed by atoms with Crippen LogP contribution in [0.4, 0.5) is 10.5 Å². The highest BCUT2D eigenvalue weighted by molar-refractivity contribution is 5.89. The van der Waals surface area contributed by atoms with E-state index in [9.17, 15) is 4.79 Å². The number of benzene rings is 1. The van der Waals surface area contributed by atoms with Gasteiger partial charge in [0, 0.05) is 48.5 Å². The Morgan fingerprint density at radius 1 is 1.21 bits per heavy atom. The summed E-state index contributed by atoms with van der Waals surface area (Å²) in [6.45, 7) is 6.43. The lowest BCUT2D eigenvalue weighted by Gasteiger charge is -2.17. The van der Waals surface area contributed by atoms with Gasteiger partial charge in [-0.15, -0.1) is 0 Å². The molecule has 29 heavy (non-hydrogen) atoms. The molecule has 7 nitrogen and oxygen atoms in total. The summed E-state index contributed by atoms with van der Waals surface area (Å²) in [5.74, 6) is 0.980. The molecule has 0 saturated carbocycles. The number of carbonyl (C=O) groups is 1. The Hall–Kier alpha value is -3.09. The molecule has 0 fully saturated rings. The zero-order valence-corrected chi connectivity index (χ0v) is 17.1. The van der Waals surface area contributed by atoms with Crippen LogP contribution < -0.4 is 10.6 Å². The number of amides is 2. The van der Waals surface area contributed by atoms with Crippen molar-refractivity contribution in [2.24, 2.45) is 0 Å². The number of aromatic nitrogens is 4. The van der Waals surface area contributed by atoms with Gasteiger partial charge < -0.3 is 15.2 Å². The van der Waals surface area contributed by atoms with E-state index in [0.29, 0.717) is 6.54 Å². The van der Waals surface area contributed by atoms with Crippen LogP contribution in [0, 0.1) is 13.8 Å². The van der Waals surface area contributed by atoms with Gasteiger partial charge in [0.05, 0.1) is 5.69 Å². The third-order valence-corrected chi connectivity index (χ3v) is 5.32. The molecule has 0 spiro atoms. The number of aryl methyl sites for hydroxylation is 4. The quantitative estimate of drug-likeness (QED) is 0.625. The molecule has 3 heterocycles. The second-order valence-electron chi connectivity index (χ2n) is 7.65. The maximum Gasteiger partial charge on any atom is 0.319 e. The van der Waals surface area contributed by atoms with Crippen LogP contribution in [0.1, 0.15) is 36.3 Å². The fourth-order valence-electron chi connectivity index (χ4n) is 3.91. The van der Waals surface area contributed by atoms with Crippen LogP contribution in [0.5, 0.6) is 0 Å². The lowest BCUT2D eigenvalue weighted by Crippen LogP contribution is -2.30. The van der Waals surface area contributed by atoms with Crippen LogP contribution in [-0.2, 0) is 19.5 Å². The van der Waals surface area contributed by atoms with Gasteiger partial charge in [-0.3, -0.25) is 4.68 Å². The molecule has 0 atom stereocenters. The first-order chi connectivity index (χ1) is 14.1. The maximum absolute atomic E-state index is 12.3. The first-order valence-electron chi connectivity index (χ1n) is 10.3. The monoisotopic (exact) mass is 392 g/mol. The Morgan fingerprint density at radius 3 is 2.93 bits per heavy atom. The molecule has 0 unspecified atom stereocenters. The number of imidazole rings is 1. The van der Waals surface area contributed by atoms with Gasteiger partial charge >= 0.3 is 6.03 Å². The Kier molecular flexibility index (Phi) is 5.64. The van der Waals surface area contributed by atoms with Gasteiger partial charge in [-0.25, -0.2) is 9.78 Å². The van der Waals surface area contributed by atoms with Crippen LogP contribution in [0.2, 0.25) is 0 Å². The van der Waals surface area contributed by atoms with E-state index in [1.807, 2.05) is 49.0 Å². The molecule has 1 aromatic carbocycles. The summed E-state index contributed by atoms with van der Waals surface area (Å²) in [7, 11) is 0. The summed E-state index contributed by atoms with van der Waals surface area (Å²) in [6.07, 6.45) is 6.31. The summed E-state index contributed by atoms with van der Waals surface area (Å²) >= 11 is 0. The number of anilines is 1. The van der Waals surface area contributed by atoms with Crippen molar-refractivity contribution in [1.82, 2.24) is 24.6 Å². The standard InChI is InChI=1S/C22H28N6O/c1-16-13-17(2)28(26-16)12-6-10-23-22(29)25-19-8-5-7-18(14-19)21-24-15-20-9-3-4-11-27(20)21/h5,7-8,13-15H,3-4,6,9-12H2,1-2H3,(H2,23,25,29). The van der Waals surface area contributed by atoms with Gasteiger partial charge in [-0.05, 0) is 57.7 Å². The molecule has 4 rings (SSSR count). The molecule has 1 aliphatic heterocycles. The largest absolute Gasteiger partial charge is 0.338 e. The molecule has 0 aliphatic carbocycles. The van der Waals surface area contributed by atoms with Crippen LogP contribution in [0.3, 0.4) is 0 Å². The molecule has 1 aliphatic rings. The lowest BCUT2D eigenvalue weighted by atomic mass is 10.1. The highest BCUT2D eigenvalue weighted by atomic mass is 16.2. The molecule has 0 bridgehead atoms. The molecule has 2 amide bonds. The summed E-state index contributed by atoms with van der Waals surface area (Å²) in [5, 5.41) is 10.3. The van der Waals surface area contributed by atoms with E-state index in [4.69, 9.17) is 0 Å². The van der Waals surface area contributed by atoms with Crippen molar-refractivity contribution in [2.75, 3.05) is 11.9 Å². The Labute approximate surface area is 171 Å². The number of urea groups is 1. The van der Waals surface area contributed by atoms with Gasteiger partial charge in [-0.2, -0.15) is 5.10 Å². The van der Waals surface area contributed by atoms with E-state index in [0.717, 1.165) is 54.4 Å². The predicted octanol–water partition coefficient (Wildman–Crippen LogP) is 3.91. The normalized spacial score (nSPS) is 13.2. The van der Waals surface area contributed by atoms with E-state index >= 15 is 0 Å². The molecular formula is C22H28N6O. The Balaban J connectivity index is 1.31. The number of hydrogen-bond acceptors (Lipinski definition) is 3. The molecular weight excluding hydrogens is 364 g/mol. The first kappa shape index (κ1) is 19.2. The summed E-state index contributed by atoms with van der Waals surface area (Å²) in [6, 6.07) is 9.75. The minimum atomic E-state index is -0.194. The van der Waals surface area contributed by atoms with Crippen molar-refractivity contribution < 1.29 is 4.79 Å². The van der Waals surface area contributed by atoms with E-state index in [-0.39, 0.29) is 6.03 Å². The second-order valence-corrected chi connectivity index (χ2v) is 7.65. The molecule has 0 radical (unpaired) electrons. The SMILES string of the molecule is Cc1cc(C)n(CCCNC(=O)Nc2cccc(-c3ncc4n3CCCC4)c2)n1. The maximum atomic E-state index is 12.3. The van der Waals surface area contributed by atoms with Crippen molar-refractivity contribution in [3.05, 3.63) is 53.6 Å². The smallest absolute Gasteiger partial charge is 0.319 e. The van der Waals surface area contributed by atoms with E-state index in [2.05, 4.69) is 31.3 Å². The van der Waals surface area contributed by atoms with Crippen LogP contribution in [0.15, 0.2) is 36.5 Å². The fourth-order valence-corrected chi connectivity index (χ4v) is 3.91. The topological polar surface area (TPSA) is 76.8 Å². The van der Waals surface area contributed by atoms with Gasteiger partial charge in [0.1, 0.15) is 5.82 Å². The van der Waals surface area contributed by atoms with Gasteiger partial charge in [0.15, 0.2) is 0 Å². The van der Waals surface area contributed by atoms with Crippen molar-refractivity contribution in [2.45, 2.75) is 52.6 Å². The molecule has 3 aromatic rings. The molecule has 2 N–H and O–H groups in total. The number of nitrogens with zero attached hydrogens (tertiary/aromatic N) is 4. The third kappa shape index (κ3) is 4.50. The van der Waals surface area contributed by atoms with E-state index in [1.165, 1.54) is 18.5 Å². The van der Waals surface area contributed by atoms with Crippen molar-refractivity contribution in [1.29, 1.82) is 0 Å². The van der Waals surface area contributed by atoms with Crippen LogP contribution >= 0.6 is 0 Å². The highest BCUT2D eigenvalue weighted by Crippen LogP contribution is 2.26. The van der Waals surface area contributed by atoms with E-state index < -0.39 is 0 Å². The summed E-state index contributed by atoms with van der Waals surface area (Å²) in [5.41, 5.74) is 5.26. The Bertz CT molecular complexity index is 1000. The first-order valence-corrected chi connectivity index (χ1v) is 10.3. The second kappa shape index (κ2) is 8.51. The minimum absolute atomic E-state index is 0.194. The van der Waals surface area contributed by atoms with Crippen molar-refractivity contribution in [3.63, 3.8) is 0 Å². The summed E-state index contributed by atoms with van der Waals surface area (Å²) < 4.78 is 4.27. The molecule has 0 saturated heterocycles. The average Bonchev–Trinajstić information content (AvgIpc) is 3.28. The van der Waals surface area contributed by atoms with Gasteiger partial charge in [0.25, 0.3) is 0 Å². The van der Waals surface area contributed by atoms with Crippen molar-refractivity contribution >= 4 is 11.7 Å². The van der Waals surface area contributed by atoms with Crippen molar-refractivity contribution in [3.8, 4) is 11.4 Å². The molecule has 7 heteroatoms. The Morgan fingerprint density at radius 2 is 2.10 bits per heavy atom. The number of hydrogen-bond donors (Lipinski definition) is 2. The average molecular weight is 393 g/mol. The van der Waals surface area contributed by atoms with Crippen LogP contribution in [0.25, 0.3) is 11.4 Å². The predicted molar refractivity (Wildman–Crippen MR) is 114 cm³/mol. The van der Waals surface area contributed by atoms with E-state index in [1.54, 1.807) is 0 Å². The lowest BCUT2D eigenvalue weighted by molar-refractivity contribution is 0.251. The van der Waals surface area contributed by atoms with Crippen LogP contribution in [-0.4, -0.2) is 31.9 Å². The zero-order valence-electron chi connectivity index (χ0n) is 17.1. The zero-order chi connectivity index (χ0) is 20.2. The number of carbonyl (C=O) groups excluding carboxylic acids is 1. The number of rotatable bonds is 6. The third-order valence-electron chi connectivity index (χ3n) is 5.32. The number of fused-ring (bicyclic) bond motifs is 1. The van der Waals surface area contributed by atoms with Gasteiger partial charge in [-0.1, -0.05) is 12.1 Å². The summed E-state index contributed by atoms with van der Waals surface area (Å²) in [4.78, 5) is 16.9. The number of nitrogens with one attached hydrogen (secondary N) is 2.